The molecule has 2 rings (SSSR count). The first kappa shape index (κ1) is 12.8. The zero-order chi connectivity index (χ0) is 13.0. The van der Waals surface area contributed by atoms with Crippen LogP contribution in [0.3, 0.4) is 0 Å². The minimum Gasteiger partial charge on any atom is -0.378 e. The Balaban J connectivity index is 2.04. The van der Waals surface area contributed by atoms with Gasteiger partial charge in [0.2, 0.25) is 0 Å². The van der Waals surface area contributed by atoms with Crippen molar-refractivity contribution < 1.29 is 9.13 Å². The molecule has 0 unspecified atom stereocenters. The monoisotopic (exact) mass is 248 g/mol. The van der Waals surface area contributed by atoms with E-state index in [1.807, 2.05) is 17.9 Å². The third kappa shape index (κ3) is 2.80. The van der Waals surface area contributed by atoms with Gasteiger partial charge in [-0.1, -0.05) is 0 Å². The summed E-state index contributed by atoms with van der Waals surface area (Å²) in [6.45, 7) is 4.32. The lowest BCUT2D eigenvalue weighted by Crippen LogP contribution is -2.37. The SMILES string of the molecule is CCOC1CCN(c2ccc(C#N)cc2F)CC1. The minimum absolute atomic E-state index is 0.299. The molecule has 0 saturated carbocycles. The van der Waals surface area contributed by atoms with Crippen LogP contribution in [0, 0.1) is 17.1 Å². The lowest BCUT2D eigenvalue weighted by molar-refractivity contribution is 0.0458. The lowest BCUT2D eigenvalue weighted by atomic mass is 10.1. The van der Waals surface area contributed by atoms with Crippen molar-refractivity contribution in [3.8, 4) is 6.07 Å². The Bertz CT molecular complexity index is 448. The largest absolute Gasteiger partial charge is 0.378 e. The van der Waals surface area contributed by atoms with Gasteiger partial charge in [-0.3, -0.25) is 0 Å². The van der Waals surface area contributed by atoms with Crippen LogP contribution in [0.25, 0.3) is 0 Å². The van der Waals surface area contributed by atoms with E-state index in [0.29, 0.717) is 17.4 Å². The molecule has 1 aliphatic heterocycles. The molecule has 0 aliphatic carbocycles. The minimum atomic E-state index is -0.316. The molecule has 18 heavy (non-hydrogen) atoms. The Hall–Kier alpha value is -1.60. The van der Waals surface area contributed by atoms with E-state index in [-0.39, 0.29) is 5.82 Å². The van der Waals surface area contributed by atoms with Gasteiger partial charge in [-0.25, -0.2) is 4.39 Å². The second-order valence-corrected chi connectivity index (χ2v) is 4.42. The van der Waals surface area contributed by atoms with Crippen LogP contribution in [-0.2, 0) is 4.74 Å². The van der Waals surface area contributed by atoms with Gasteiger partial charge in [-0.05, 0) is 38.0 Å². The van der Waals surface area contributed by atoms with Crippen molar-refractivity contribution in [3.63, 3.8) is 0 Å². The molecule has 4 heteroatoms. The van der Waals surface area contributed by atoms with Gasteiger partial charge in [-0.15, -0.1) is 0 Å². The third-order valence-electron chi connectivity index (χ3n) is 3.26. The molecular weight excluding hydrogens is 231 g/mol. The highest BCUT2D eigenvalue weighted by atomic mass is 19.1. The molecule has 0 N–H and O–H groups in total. The van der Waals surface area contributed by atoms with Crippen molar-refractivity contribution in [2.24, 2.45) is 0 Å². The highest BCUT2D eigenvalue weighted by molar-refractivity contribution is 5.51. The molecular formula is C14H17FN2O. The van der Waals surface area contributed by atoms with E-state index in [0.717, 1.165) is 32.5 Å². The number of piperidine rings is 1. The lowest BCUT2D eigenvalue weighted by Gasteiger charge is -2.33. The normalized spacial score (nSPS) is 16.6. The molecule has 1 aromatic rings. The number of nitriles is 1. The average Bonchev–Trinajstić information content (AvgIpc) is 2.40. The predicted molar refractivity (Wildman–Crippen MR) is 68.0 cm³/mol. The van der Waals surface area contributed by atoms with Crippen LogP contribution in [0.5, 0.6) is 0 Å². The van der Waals surface area contributed by atoms with Crippen molar-refractivity contribution in [2.75, 3.05) is 24.6 Å². The topological polar surface area (TPSA) is 36.3 Å². The maximum Gasteiger partial charge on any atom is 0.147 e. The van der Waals surface area contributed by atoms with Gasteiger partial charge in [0.15, 0.2) is 0 Å². The smallest absolute Gasteiger partial charge is 0.147 e. The fourth-order valence-electron chi connectivity index (χ4n) is 2.33. The maximum atomic E-state index is 13.8. The van der Waals surface area contributed by atoms with Crippen LogP contribution in [0.2, 0.25) is 0 Å². The third-order valence-corrected chi connectivity index (χ3v) is 3.26. The first-order valence-corrected chi connectivity index (χ1v) is 6.30. The number of hydrogen-bond donors (Lipinski definition) is 0. The van der Waals surface area contributed by atoms with Crippen molar-refractivity contribution in [1.82, 2.24) is 0 Å². The molecule has 3 nitrogen and oxygen atoms in total. The van der Waals surface area contributed by atoms with E-state index >= 15 is 0 Å². The fourth-order valence-corrected chi connectivity index (χ4v) is 2.33. The summed E-state index contributed by atoms with van der Waals surface area (Å²) >= 11 is 0. The summed E-state index contributed by atoms with van der Waals surface area (Å²) < 4.78 is 19.4. The zero-order valence-electron chi connectivity index (χ0n) is 10.5. The highest BCUT2D eigenvalue weighted by Gasteiger charge is 2.21. The zero-order valence-corrected chi connectivity index (χ0v) is 10.5. The van der Waals surface area contributed by atoms with E-state index in [2.05, 4.69) is 0 Å². The molecule has 0 bridgehead atoms. The highest BCUT2D eigenvalue weighted by Crippen LogP contribution is 2.24. The van der Waals surface area contributed by atoms with Gasteiger partial charge < -0.3 is 9.64 Å². The Morgan fingerprint density at radius 2 is 2.17 bits per heavy atom. The predicted octanol–water partition coefficient (Wildman–Crippen LogP) is 2.70. The van der Waals surface area contributed by atoms with E-state index in [9.17, 15) is 4.39 Å². The van der Waals surface area contributed by atoms with Crippen LogP contribution in [0.4, 0.5) is 10.1 Å². The summed E-state index contributed by atoms with van der Waals surface area (Å²) in [6.07, 6.45) is 2.15. The van der Waals surface area contributed by atoms with Gasteiger partial charge in [0.05, 0.1) is 23.4 Å². The number of nitrogens with zero attached hydrogens (tertiary/aromatic N) is 2. The van der Waals surface area contributed by atoms with Crippen molar-refractivity contribution in [1.29, 1.82) is 5.26 Å². The van der Waals surface area contributed by atoms with Gasteiger partial charge in [-0.2, -0.15) is 5.26 Å². The number of halogens is 1. The van der Waals surface area contributed by atoms with E-state index < -0.39 is 0 Å². The van der Waals surface area contributed by atoms with E-state index in [1.54, 1.807) is 12.1 Å². The first-order chi connectivity index (χ1) is 8.74. The van der Waals surface area contributed by atoms with Crippen LogP contribution < -0.4 is 4.90 Å². The summed E-state index contributed by atoms with van der Waals surface area (Å²) in [5.41, 5.74) is 0.949. The summed E-state index contributed by atoms with van der Waals surface area (Å²) in [6, 6.07) is 6.59. The quantitative estimate of drug-likeness (QED) is 0.825. The molecule has 1 heterocycles. The maximum absolute atomic E-state index is 13.8. The molecule has 96 valence electrons. The Morgan fingerprint density at radius 1 is 1.44 bits per heavy atom. The number of anilines is 1. The van der Waals surface area contributed by atoms with Crippen LogP contribution in [-0.4, -0.2) is 25.8 Å². The first-order valence-electron chi connectivity index (χ1n) is 6.30. The Kier molecular flexibility index (Phi) is 4.16. The Morgan fingerprint density at radius 3 is 2.72 bits per heavy atom. The fraction of sp³-hybridized carbons (Fsp3) is 0.500. The molecule has 0 atom stereocenters. The molecule has 1 saturated heterocycles. The second-order valence-electron chi connectivity index (χ2n) is 4.42. The number of hydrogen-bond acceptors (Lipinski definition) is 3. The van der Waals surface area contributed by atoms with Gasteiger partial charge >= 0.3 is 0 Å². The average molecular weight is 248 g/mol. The van der Waals surface area contributed by atoms with Crippen molar-refractivity contribution in [2.45, 2.75) is 25.9 Å². The molecule has 0 radical (unpaired) electrons. The summed E-state index contributed by atoms with van der Waals surface area (Å²) in [4.78, 5) is 2.02. The number of benzene rings is 1. The number of rotatable bonds is 3. The van der Waals surface area contributed by atoms with Crippen molar-refractivity contribution >= 4 is 5.69 Å². The molecule has 0 amide bonds. The number of ether oxygens (including phenoxy) is 1. The molecule has 1 aromatic carbocycles. The van der Waals surface area contributed by atoms with Crippen LogP contribution >= 0.6 is 0 Å². The van der Waals surface area contributed by atoms with Crippen LogP contribution in [0.15, 0.2) is 18.2 Å². The Labute approximate surface area is 107 Å². The summed E-state index contributed by atoms with van der Waals surface area (Å²) in [5.74, 6) is -0.316. The van der Waals surface area contributed by atoms with Gasteiger partial charge in [0, 0.05) is 19.7 Å². The second kappa shape index (κ2) is 5.83. The van der Waals surface area contributed by atoms with Gasteiger partial charge in [0.1, 0.15) is 5.82 Å². The summed E-state index contributed by atoms with van der Waals surface area (Å²) in [5, 5.41) is 8.71. The molecule has 0 spiro atoms. The van der Waals surface area contributed by atoms with E-state index in [4.69, 9.17) is 10.00 Å². The van der Waals surface area contributed by atoms with Gasteiger partial charge in [0.25, 0.3) is 0 Å². The molecule has 0 aromatic heterocycles. The molecule has 1 aliphatic rings. The van der Waals surface area contributed by atoms with Crippen LogP contribution in [0.1, 0.15) is 25.3 Å². The van der Waals surface area contributed by atoms with E-state index in [1.165, 1.54) is 6.07 Å². The van der Waals surface area contributed by atoms with Crippen molar-refractivity contribution in [3.05, 3.63) is 29.6 Å². The standard InChI is InChI=1S/C14H17FN2O/c1-2-18-12-5-7-17(8-6-12)14-4-3-11(10-16)9-13(14)15/h3-4,9,12H,2,5-8H2,1H3. The summed E-state index contributed by atoms with van der Waals surface area (Å²) in [7, 11) is 0. The molecule has 1 fully saturated rings.